The van der Waals surface area contributed by atoms with Crippen molar-refractivity contribution in [3.8, 4) is 0 Å². The van der Waals surface area contributed by atoms with Gasteiger partial charge in [0.25, 0.3) is 5.91 Å². The molecule has 0 spiro atoms. The van der Waals surface area contributed by atoms with Crippen LogP contribution in [0.15, 0.2) is 29.2 Å². The minimum absolute atomic E-state index is 0.0256. The van der Waals surface area contributed by atoms with Crippen molar-refractivity contribution in [1.29, 1.82) is 0 Å². The van der Waals surface area contributed by atoms with E-state index in [2.05, 4.69) is 10.0 Å². The van der Waals surface area contributed by atoms with Gasteiger partial charge in [0, 0.05) is 18.7 Å². The van der Waals surface area contributed by atoms with E-state index in [4.69, 9.17) is 5.11 Å². The van der Waals surface area contributed by atoms with E-state index >= 15 is 0 Å². The molecule has 8 heteroatoms. The van der Waals surface area contributed by atoms with Crippen LogP contribution in [0.2, 0.25) is 0 Å². The molecule has 110 valence electrons. The Morgan fingerprint density at radius 1 is 1.25 bits per heavy atom. The van der Waals surface area contributed by atoms with Gasteiger partial charge in [-0.25, -0.2) is 13.1 Å². The number of carboxylic acid groups (broad SMARTS) is 1. The molecule has 0 aliphatic heterocycles. The summed E-state index contributed by atoms with van der Waals surface area (Å²) in [6.07, 6.45) is -0.310. The third-order valence-corrected chi connectivity index (χ3v) is 4.10. The molecule has 1 aromatic rings. The number of carboxylic acids is 1. The van der Waals surface area contributed by atoms with Gasteiger partial charge in [0.05, 0.1) is 11.3 Å². The number of aliphatic carboxylic acids is 1. The Labute approximate surface area is 117 Å². The van der Waals surface area contributed by atoms with Gasteiger partial charge in [0.1, 0.15) is 0 Å². The Bertz CT molecular complexity index is 595. The van der Waals surface area contributed by atoms with E-state index in [0.717, 1.165) is 0 Å². The van der Waals surface area contributed by atoms with Gasteiger partial charge in [-0.05, 0) is 31.2 Å². The standard InChI is InChI=1S/C12H16N2O5S/c1-8(7-11(15)16)14-20(18,19)10-5-3-9(4-6-10)12(17)13-2/h3-6,8,14H,7H2,1-2H3,(H,13,17)(H,15,16). The molecule has 0 fully saturated rings. The lowest BCUT2D eigenvalue weighted by Crippen LogP contribution is -2.34. The monoisotopic (exact) mass is 300 g/mol. The number of sulfonamides is 1. The van der Waals surface area contributed by atoms with E-state index < -0.39 is 22.0 Å². The number of rotatable bonds is 6. The molecule has 0 aliphatic carbocycles. The molecular weight excluding hydrogens is 284 g/mol. The number of hydrogen-bond donors (Lipinski definition) is 3. The minimum atomic E-state index is -3.80. The molecule has 1 aromatic carbocycles. The first-order valence-corrected chi connectivity index (χ1v) is 7.31. The second-order valence-corrected chi connectivity index (χ2v) is 5.94. The smallest absolute Gasteiger partial charge is 0.304 e. The molecule has 1 unspecified atom stereocenters. The predicted molar refractivity (Wildman–Crippen MR) is 71.9 cm³/mol. The Hall–Kier alpha value is -1.93. The molecule has 0 aliphatic rings. The lowest BCUT2D eigenvalue weighted by molar-refractivity contribution is -0.137. The number of carbonyl (C=O) groups excluding carboxylic acids is 1. The molecule has 3 N–H and O–H groups in total. The van der Waals surface area contributed by atoms with Crippen molar-refractivity contribution >= 4 is 21.9 Å². The molecule has 0 radical (unpaired) electrons. The number of amides is 1. The lowest BCUT2D eigenvalue weighted by atomic mass is 10.2. The van der Waals surface area contributed by atoms with Crippen molar-refractivity contribution in [2.24, 2.45) is 0 Å². The molecule has 20 heavy (non-hydrogen) atoms. The van der Waals surface area contributed by atoms with Crippen molar-refractivity contribution in [3.05, 3.63) is 29.8 Å². The van der Waals surface area contributed by atoms with Gasteiger partial charge < -0.3 is 10.4 Å². The summed E-state index contributed by atoms with van der Waals surface area (Å²) in [5.74, 6) is -1.41. The Morgan fingerprint density at radius 2 is 1.80 bits per heavy atom. The minimum Gasteiger partial charge on any atom is -0.481 e. The van der Waals surface area contributed by atoms with Gasteiger partial charge in [-0.15, -0.1) is 0 Å². The molecule has 1 atom stereocenters. The highest BCUT2D eigenvalue weighted by atomic mass is 32.2. The van der Waals surface area contributed by atoms with E-state index in [1.54, 1.807) is 0 Å². The van der Waals surface area contributed by atoms with Crippen LogP contribution in [0.4, 0.5) is 0 Å². The Morgan fingerprint density at radius 3 is 2.25 bits per heavy atom. The van der Waals surface area contributed by atoms with Crippen LogP contribution in [-0.2, 0) is 14.8 Å². The second-order valence-electron chi connectivity index (χ2n) is 4.22. The summed E-state index contributed by atoms with van der Waals surface area (Å²) in [4.78, 5) is 21.8. The van der Waals surface area contributed by atoms with E-state index in [9.17, 15) is 18.0 Å². The summed E-state index contributed by atoms with van der Waals surface area (Å²) in [6.45, 7) is 1.46. The first-order valence-electron chi connectivity index (χ1n) is 5.82. The first kappa shape index (κ1) is 16.1. The van der Waals surface area contributed by atoms with Crippen LogP contribution in [0.25, 0.3) is 0 Å². The quantitative estimate of drug-likeness (QED) is 0.694. The third kappa shape index (κ3) is 4.32. The van der Waals surface area contributed by atoms with E-state index in [0.29, 0.717) is 5.56 Å². The van der Waals surface area contributed by atoms with Gasteiger partial charge in [-0.3, -0.25) is 9.59 Å². The molecule has 1 amide bonds. The fourth-order valence-corrected chi connectivity index (χ4v) is 2.81. The van der Waals surface area contributed by atoms with Crippen LogP contribution in [0.5, 0.6) is 0 Å². The average Bonchev–Trinajstić information content (AvgIpc) is 2.36. The van der Waals surface area contributed by atoms with Crippen molar-refractivity contribution < 1.29 is 23.1 Å². The maximum atomic E-state index is 12.0. The van der Waals surface area contributed by atoms with E-state index in [1.165, 1.54) is 38.2 Å². The number of hydrogen-bond acceptors (Lipinski definition) is 4. The van der Waals surface area contributed by atoms with Crippen LogP contribution in [0.3, 0.4) is 0 Å². The molecule has 0 saturated heterocycles. The molecule has 0 saturated carbocycles. The van der Waals surface area contributed by atoms with Crippen LogP contribution >= 0.6 is 0 Å². The van der Waals surface area contributed by atoms with Gasteiger partial charge in [0.2, 0.25) is 10.0 Å². The summed E-state index contributed by atoms with van der Waals surface area (Å²) in [5, 5.41) is 11.0. The summed E-state index contributed by atoms with van der Waals surface area (Å²) >= 11 is 0. The zero-order valence-corrected chi connectivity index (χ0v) is 11.9. The molecular formula is C12H16N2O5S. The van der Waals surface area contributed by atoms with Gasteiger partial charge >= 0.3 is 5.97 Å². The topological polar surface area (TPSA) is 113 Å². The summed E-state index contributed by atoms with van der Waals surface area (Å²) in [5.41, 5.74) is 0.338. The zero-order valence-electron chi connectivity index (χ0n) is 11.1. The van der Waals surface area contributed by atoms with Crippen molar-refractivity contribution in [2.75, 3.05) is 7.05 Å². The fourth-order valence-electron chi connectivity index (χ4n) is 1.57. The van der Waals surface area contributed by atoms with Crippen molar-refractivity contribution in [1.82, 2.24) is 10.0 Å². The maximum Gasteiger partial charge on any atom is 0.304 e. The maximum absolute atomic E-state index is 12.0. The largest absolute Gasteiger partial charge is 0.481 e. The van der Waals surface area contributed by atoms with Crippen molar-refractivity contribution in [2.45, 2.75) is 24.3 Å². The van der Waals surface area contributed by atoms with Gasteiger partial charge in [0.15, 0.2) is 0 Å². The molecule has 0 bridgehead atoms. The molecule has 1 rings (SSSR count). The van der Waals surface area contributed by atoms with Gasteiger partial charge in [-0.1, -0.05) is 0 Å². The number of nitrogens with one attached hydrogen (secondary N) is 2. The first-order chi connectivity index (χ1) is 9.26. The average molecular weight is 300 g/mol. The Balaban J connectivity index is 2.88. The van der Waals surface area contributed by atoms with Crippen molar-refractivity contribution in [3.63, 3.8) is 0 Å². The predicted octanol–water partition coefficient (Wildman–Crippen LogP) is 0.188. The number of benzene rings is 1. The Kier molecular flexibility index (Phi) is 5.23. The lowest BCUT2D eigenvalue weighted by Gasteiger charge is -2.12. The molecule has 0 heterocycles. The van der Waals surface area contributed by atoms with Crippen LogP contribution in [-0.4, -0.2) is 38.5 Å². The van der Waals surface area contributed by atoms with Crippen LogP contribution in [0.1, 0.15) is 23.7 Å². The summed E-state index contributed by atoms with van der Waals surface area (Å²) < 4.78 is 26.2. The van der Waals surface area contributed by atoms with E-state index in [-0.39, 0.29) is 17.2 Å². The highest BCUT2D eigenvalue weighted by molar-refractivity contribution is 7.89. The highest BCUT2D eigenvalue weighted by Gasteiger charge is 2.19. The SMILES string of the molecule is CNC(=O)c1ccc(S(=O)(=O)NC(C)CC(=O)O)cc1. The van der Waals surface area contributed by atoms with Crippen LogP contribution in [0, 0.1) is 0 Å². The second kappa shape index (κ2) is 6.49. The summed E-state index contributed by atoms with van der Waals surface area (Å²) in [7, 11) is -2.33. The van der Waals surface area contributed by atoms with Gasteiger partial charge in [-0.2, -0.15) is 0 Å². The molecule has 7 nitrogen and oxygen atoms in total. The van der Waals surface area contributed by atoms with Crippen LogP contribution < -0.4 is 10.0 Å². The highest BCUT2D eigenvalue weighted by Crippen LogP contribution is 2.11. The van der Waals surface area contributed by atoms with E-state index in [1.807, 2.05) is 0 Å². The summed E-state index contributed by atoms with van der Waals surface area (Å²) in [6, 6.07) is 4.63. The third-order valence-electron chi connectivity index (χ3n) is 2.49. The molecule has 0 aromatic heterocycles. The normalized spacial score (nSPS) is 12.7. The fraction of sp³-hybridized carbons (Fsp3) is 0.333. The zero-order chi connectivity index (χ0) is 15.3. The number of carbonyl (C=O) groups is 2.